The highest BCUT2D eigenvalue weighted by molar-refractivity contribution is 7.89. The van der Waals surface area contributed by atoms with E-state index in [1.807, 2.05) is 20.8 Å². The average molecular weight is 272 g/mol. The highest BCUT2D eigenvalue weighted by Gasteiger charge is 2.36. The van der Waals surface area contributed by atoms with Crippen molar-refractivity contribution in [3.63, 3.8) is 0 Å². The number of aromatic nitrogens is 1. The van der Waals surface area contributed by atoms with Crippen LogP contribution < -0.4 is 4.72 Å². The maximum atomic E-state index is 12.1. The molecule has 6 heteroatoms. The fraction of sp³-hybridized carbons (Fsp3) is 0.667. The van der Waals surface area contributed by atoms with E-state index >= 15 is 0 Å². The first-order valence-corrected chi connectivity index (χ1v) is 7.67. The van der Waals surface area contributed by atoms with Gasteiger partial charge in [-0.2, -0.15) is 0 Å². The van der Waals surface area contributed by atoms with Crippen LogP contribution in [0.25, 0.3) is 0 Å². The predicted molar refractivity (Wildman–Crippen MR) is 68.6 cm³/mol. The second-order valence-corrected chi connectivity index (χ2v) is 6.98. The standard InChI is InChI=1S/C12H20N2O3S/c1-8(2)14-6-11(5-10(14)7-15)18(16,17)13-12-4-9(12)3/h5-6,8-9,12-13,15H,4,7H2,1-3H3. The topological polar surface area (TPSA) is 71.3 Å². The van der Waals surface area contributed by atoms with Gasteiger partial charge in [0.25, 0.3) is 0 Å². The van der Waals surface area contributed by atoms with Gasteiger partial charge in [-0.05, 0) is 32.3 Å². The monoisotopic (exact) mass is 272 g/mol. The van der Waals surface area contributed by atoms with E-state index in [2.05, 4.69) is 4.72 Å². The molecule has 5 nitrogen and oxygen atoms in total. The quantitative estimate of drug-likeness (QED) is 0.847. The van der Waals surface area contributed by atoms with Gasteiger partial charge in [-0.3, -0.25) is 0 Å². The maximum Gasteiger partial charge on any atom is 0.242 e. The molecular weight excluding hydrogens is 252 g/mol. The number of hydrogen-bond donors (Lipinski definition) is 2. The Morgan fingerprint density at radius 3 is 2.56 bits per heavy atom. The summed E-state index contributed by atoms with van der Waals surface area (Å²) in [6.07, 6.45) is 2.49. The number of nitrogens with one attached hydrogen (secondary N) is 1. The van der Waals surface area contributed by atoms with Crippen molar-refractivity contribution < 1.29 is 13.5 Å². The maximum absolute atomic E-state index is 12.1. The minimum absolute atomic E-state index is 0.0648. The van der Waals surface area contributed by atoms with Gasteiger partial charge in [0.15, 0.2) is 0 Å². The third-order valence-electron chi connectivity index (χ3n) is 3.35. The van der Waals surface area contributed by atoms with Crippen LogP contribution in [0.5, 0.6) is 0 Å². The van der Waals surface area contributed by atoms with Crippen LogP contribution in [0.2, 0.25) is 0 Å². The van der Waals surface area contributed by atoms with E-state index in [1.165, 1.54) is 6.07 Å². The second kappa shape index (κ2) is 4.68. The molecule has 2 unspecified atom stereocenters. The lowest BCUT2D eigenvalue weighted by molar-refractivity contribution is 0.268. The van der Waals surface area contributed by atoms with Crippen molar-refractivity contribution in [1.82, 2.24) is 9.29 Å². The van der Waals surface area contributed by atoms with Gasteiger partial charge in [0, 0.05) is 24.0 Å². The first-order valence-electron chi connectivity index (χ1n) is 6.19. The zero-order valence-corrected chi connectivity index (χ0v) is 11.7. The van der Waals surface area contributed by atoms with Crippen LogP contribution in [0.15, 0.2) is 17.2 Å². The van der Waals surface area contributed by atoms with Crippen LogP contribution in [-0.2, 0) is 16.6 Å². The van der Waals surface area contributed by atoms with Gasteiger partial charge in [0.2, 0.25) is 10.0 Å². The molecule has 2 rings (SSSR count). The highest BCUT2D eigenvalue weighted by Crippen LogP contribution is 2.31. The van der Waals surface area contributed by atoms with Gasteiger partial charge in [-0.15, -0.1) is 0 Å². The minimum Gasteiger partial charge on any atom is -0.390 e. The summed E-state index contributed by atoms with van der Waals surface area (Å²) in [5.41, 5.74) is 0.620. The molecule has 1 saturated carbocycles. The summed E-state index contributed by atoms with van der Waals surface area (Å²) in [5, 5.41) is 9.25. The van der Waals surface area contributed by atoms with Crippen molar-refractivity contribution in [2.45, 2.75) is 50.8 Å². The Morgan fingerprint density at radius 2 is 2.17 bits per heavy atom. The van der Waals surface area contributed by atoms with E-state index in [4.69, 9.17) is 0 Å². The number of sulfonamides is 1. The molecule has 0 radical (unpaired) electrons. The number of aliphatic hydroxyl groups is 1. The lowest BCUT2D eigenvalue weighted by Gasteiger charge is -2.10. The molecule has 1 aliphatic carbocycles. The van der Waals surface area contributed by atoms with E-state index in [1.54, 1.807) is 10.8 Å². The Labute approximate surface area is 108 Å². The van der Waals surface area contributed by atoms with Gasteiger partial charge < -0.3 is 9.67 Å². The molecule has 0 saturated heterocycles. The van der Waals surface area contributed by atoms with Gasteiger partial charge >= 0.3 is 0 Å². The molecule has 102 valence electrons. The van der Waals surface area contributed by atoms with E-state index in [0.717, 1.165) is 6.42 Å². The zero-order chi connectivity index (χ0) is 13.5. The summed E-state index contributed by atoms with van der Waals surface area (Å²) in [6.45, 7) is 5.76. The Hall–Kier alpha value is -0.850. The van der Waals surface area contributed by atoms with Crippen LogP contribution in [-0.4, -0.2) is 24.1 Å². The first kappa shape index (κ1) is 13.6. The lowest BCUT2D eigenvalue weighted by Crippen LogP contribution is -2.26. The van der Waals surface area contributed by atoms with E-state index in [9.17, 15) is 13.5 Å². The third kappa shape index (κ3) is 2.60. The van der Waals surface area contributed by atoms with Crippen molar-refractivity contribution in [2.75, 3.05) is 0 Å². The van der Waals surface area contributed by atoms with Gasteiger partial charge in [0.05, 0.1) is 11.5 Å². The van der Waals surface area contributed by atoms with Crippen molar-refractivity contribution in [2.24, 2.45) is 5.92 Å². The van der Waals surface area contributed by atoms with E-state index < -0.39 is 10.0 Å². The fourth-order valence-electron chi connectivity index (χ4n) is 2.00. The molecule has 1 fully saturated rings. The number of rotatable bonds is 5. The molecule has 0 spiro atoms. The summed E-state index contributed by atoms with van der Waals surface area (Å²) >= 11 is 0. The summed E-state index contributed by atoms with van der Waals surface area (Å²) in [4.78, 5) is 0.236. The number of nitrogens with zero attached hydrogens (tertiary/aromatic N) is 1. The largest absolute Gasteiger partial charge is 0.390 e. The molecule has 0 amide bonds. The molecule has 0 aromatic carbocycles. The van der Waals surface area contributed by atoms with Crippen molar-refractivity contribution >= 4 is 10.0 Å². The summed E-state index contributed by atoms with van der Waals surface area (Å²) in [5.74, 6) is 0.421. The predicted octanol–water partition coefficient (Wildman–Crippen LogP) is 1.25. The zero-order valence-electron chi connectivity index (χ0n) is 10.9. The molecule has 0 aliphatic heterocycles. The smallest absolute Gasteiger partial charge is 0.242 e. The molecule has 2 atom stereocenters. The molecular formula is C12H20N2O3S. The molecule has 1 aromatic rings. The second-order valence-electron chi connectivity index (χ2n) is 5.27. The Kier molecular flexibility index (Phi) is 3.53. The van der Waals surface area contributed by atoms with Crippen LogP contribution in [0, 0.1) is 5.92 Å². The number of aliphatic hydroxyl groups excluding tert-OH is 1. The Morgan fingerprint density at radius 1 is 1.56 bits per heavy atom. The third-order valence-corrected chi connectivity index (χ3v) is 4.81. The fourth-order valence-corrected chi connectivity index (χ4v) is 3.41. The average Bonchev–Trinajstić information content (AvgIpc) is 2.83. The van der Waals surface area contributed by atoms with Gasteiger partial charge in [-0.25, -0.2) is 13.1 Å². The normalized spacial score (nSPS) is 23.6. The molecule has 1 aliphatic rings. The van der Waals surface area contributed by atoms with Gasteiger partial charge in [0.1, 0.15) is 0 Å². The van der Waals surface area contributed by atoms with Crippen LogP contribution in [0.1, 0.15) is 38.9 Å². The van der Waals surface area contributed by atoms with Crippen LogP contribution in [0.3, 0.4) is 0 Å². The van der Waals surface area contributed by atoms with E-state index in [0.29, 0.717) is 11.6 Å². The Bertz CT molecular complexity index is 534. The van der Waals surface area contributed by atoms with Crippen LogP contribution in [0.4, 0.5) is 0 Å². The van der Waals surface area contributed by atoms with Crippen molar-refractivity contribution in [1.29, 1.82) is 0 Å². The molecule has 2 N–H and O–H groups in total. The molecule has 18 heavy (non-hydrogen) atoms. The van der Waals surface area contributed by atoms with Gasteiger partial charge in [-0.1, -0.05) is 6.92 Å². The summed E-state index contributed by atoms with van der Waals surface area (Å²) in [6, 6.07) is 1.72. The molecule has 0 bridgehead atoms. The van der Waals surface area contributed by atoms with E-state index in [-0.39, 0.29) is 23.6 Å². The summed E-state index contributed by atoms with van der Waals surface area (Å²) in [7, 11) is -3.46. The van der Waals surface area contributed by atoms with Crippen molar-refractivity contribution in [3.05, 3.63) is 18.0 Å². The molecule has 1 aromatic heterocycles. The minimum atomic E-state index is -3.46. The first-order chi connectivity index (χ1) is 8.35. The SMILES string of the molecule is CC1CC1NS(=O)(=O)c1cc(CO)n(C(C)C)c1. The Balaban J connectivity index is 2.27. The highest BCUT2D eigenvalue weighted by atomic mass is 32.2. The number of hydrogen-bond acceptors (Lipinski definition) is 3. The lowest BCUT2D eigenvalue weighted by atomic mass is 10.3. The van der Waals surface area contributed by atoms with Crippen molar-refractivity contribution in [3.8, 4) is 0 Å². The van der Waals surface area contributed by atoms with Crippen LogP contribution >= 0.6 is 0 Å². The molecule has 1 heterocycles. The summed E-state index contributed by atoms with van der Waals surface area (Å²) < 4.78 is 28.7.